The molecule has 0 bridgehead atoms. The van der Waals surface area contributed by atoms with Gasteiger partial charge in [-0.1, -0.05) is 48.5 Å². The summed E-state index contributed by atoms with van der Waals surface area (Å²) in [6.45, 7) is 0.752. The lowest BCUT2D eigenvalue weighted by molar-refractivity contribution is 0.938. The first-order valence-corrected chi connectivity index (χ1v) is 13.4. The van der Waals surface area contributed by atoms with Crippen molar-refractivity contribution in [1.82, 2.24) is 14.4 Å². The molecule has 7 aromatic rings. The summed E-state index contributed by atoms with van der Waals surface area (Å²) in [5.41, 5.74) is 7.63. The molecule has 0 atom stereocenters. The van der Waals surface area contributed by atoms with Gasteiger partial charge in [-0.2, -0.15) is 0 Å². The van der Waals surface area contributed by atoms with E-state index in [4.69, 9.17) is 4.98 Å². The predicted molar refractivity (Wildman–Crippen MR) is 165 cm³/mol. The van der Waals surface area contributed by atoms with Crippen molar-refractivity contribution in [3.63, 3.8) is 0 Å². The normalized spacial score (nSPS) is 12.9. The summed E-state index contributed by atoms with van der Waals surface area (Å²) in [5.74, 6) is 0.998. The fraction of sp³-hybridized carbons (Fsp3) is 0.0588. The molecule has 0 saturated heterocycles. The van der Waals surface area contributed by atoms with Crippen molar-refractivity contribution in [3.05, 3.63) is 128 Å². The first-order chi connectivity index (χ1) is 19.8. The van der Waals surface area contributed by atoms with Crippen LogP contribution in [0.4, 0.5) is 34.3 Å². The monoisotopic (exact) mass is 518 g/mol. The largest absolute Gasteiger partial charge is 0.340 e. The Labute approximate surface area is 232 Å². The van der Waals surface area contributed by atoms with E-state index in [9.17, 15) is 0 Å². The molecule has 0 saturated carbocycles. The number of hydrogen-bond acceptors (Lipinski definition) is 5. The molecule has 8 rings (SSSR count). The van der Waals surface area contributed by atoms with Crippen molar-refractivity contribution < 1.29 is 0 Å². The van der Waals surface area contributed by atoms with Gasteiger partial charge in [0.1, 0.15) is 5.65 Å². The molecule has 0 N–H and O–H groups in total. The summed E-state index contributed by atoms with van der Waals surface area (Å²) in [6, 6.07) is 38.7. The third-order valence-electron chi connectivity index (χ3n) is 7.78. The van der Waals surface area contributed by atoms with Gasteiger partial charge in [0.05, 0.1) is 17.9 Å². The van der Waals surface area contributed by atoms with Gasteiger partial charge in [0.25, 0.3) is 0 Å². The number of pyridine rings is 2. The second kappa shape index (κ2) is 8.85. The van der Waals surface area contributed by atoms with E-state index in [0.717, 1.165) is 57.5 Å². The van der Waals surface area contributed by atoms with Gasteiger partial charge >= 0.3 is 0 Å². The van der Waals surface area contributed by atoms with Gasteiger partial charge in [-0.25, -0.2) is 9.97 Å². The van der Waals surface area contributed by atoms with E-state index in [0.29, 0.717) is 0 Å². The average Bonchev–Trinajstić information content (AvgIpc) is 3.64. The van der Waals surface area contributed by atoms with E-state index in [-0.39, 0.29) is 0 Å². The van der Waals surface area contributed by atoms with Crippen LogP contribution in [0.15, 0.2) is 128 Å². The lowest BCUT2D eigenvalue weighted by atomic mass is 10.0. The van der Waals surface area contributed by atoms with E-state index >= 15 is 0 Å². The molecule has 3 aromatic heterocycles. The Morgan fingerprint density at radius 1 is 0.650 bits per heavy atom. The zero-order chi connectivity index (χ0) is 26.6. The van der Waals surface area contributed by atoms with Crippen LogP contribution >= 0.6 is 0 Å². The van der Waals surface area contributed by atoms with Gasteiger partial charge < -0.3 is 14.7 Å². The molecule has 0 radical (unpaired) electrons. The summed E-state index contributed by atoms with van der Waals surface area (Å²) in [6.07, 6.45) is 5.78. The lowest BCUT2D eigenvalue weighted by Crippen LogP contribution is -2.24. The van der Waals surface area contributed by atoms with Crippen molar-refractivity contribution in [2.75, 3.05) is 28.4 Å². The van der Waals surface area contributed by atoms with E-state index in [1.165, 1.54) is 10.8 Å². The standard InChI is InChI=1S/C34H26N6/c1-37-23-39(32-15-8-18-35-34(32)37)25-11-7-12-26(21-25)40(24-9-3-2-4-10-24)27-16-17-28-29-13-5-6-14-31(29)38-20-19-36-33(38)30(28)22-27/h2-22H,23H2,1H3. The van der Waals surface area contributed by atoms with Crippen LogP contribution in [0.25, 0.3) is 27.3 Å². The van der Waals surface area contributed by atoms with Crippen molar-refractivity contribution >= 4 is 61.6 Å². The number of nitrogens with zero attached hydrogens (tertiary/aromatic N) is 6. The van der Waals surface area contributed by atoms with Gasteiger partial charge in [0, 0.05) is 59.2 Å². The Balaban J connectivity index is 1.32. The molecular weight excluding hydrogens is 492 g/mol. The molecule has 1 aliphatic heterocycles. The van der Waals surface area contributed by atoms with Crippen LogP contribution in [-0.2, 0) is 0 Å². The fourth-order valence-corrected chi connectivity index (χ4v) is 5.99. The maximum Gasteiger partial charge on any atom is 0.153 e. The van der Waals surface area contributed by atoms with Crippen LogP contribution in [0.2, 0.25) is 0 Å². The fourth-order valence-electron chi connectivity index (χ4n) is 5.99. The third-order valence-corrected chi connectivity index (χ3v) is 7.78. The lowest BCUT2D eigenvalue weighted by Gasteiger charge is -2.28. The molecule has 0 aliphatic carbocycles. The number of hydrogen-bond donors (Lipinski definition) is 0. The van der Waals surface area contributed by atoms with Gasteiger partial charge in [-0.05, 0) is 66.0 Å². The highest BCUT2D eigenvalue weighted by molar-refractivity contribution is 6.12. The van der Waals surface area contributed by atoms with Crippen LogP contribution in [-0.4, -0.2) is 28.1 Å². The van der Waals surface area contributed by atoms with Crippen LogP contribution in [0.3, 0.4) is 0 Å². The molecule has 6 nitrogen and oxygen atoms in total. The van der Waals surface area contributed by atoms with Crippen LogP contribution in [0.1, 0.15) is 0 Å². The molecule has 0 unspecified atom stereocenters. The molecule has 1 aliphatic rings. The Bertz CT molecular complexity index is 2030. The summed E-state index contributed by atoms with van der Waals surface area (Å²) >= 11 is 0. The number of benzene rings is 4. The Hall–Kier alpha value is -5.36. The SMILES string of the molecule is CN1CN(c2cccc(N(c3ccccc3)c3ccc4c5ccccc5n5ccnc5c4c3)c2)c2cccnc21. The van der Waals surface area contributed by atoms with Crippen molar-refractivity contribution in [2.24, 2.45) is 0 Å². The molecule has 40 heavy (non-hydrogen) atoms. The third kappa shape index (κ3) is 3.43. The number of aromatic nitrogens is 3. The average molecular weight is 519 g/mol. The number of para-hydroxylation sites is 2. The van der Waals surface area contributed by atoms with Crippen molar-refractivity contribution in [3.8, 4) is 0 Å². The first kappa shape index (κ1) is 22.6. The van der Waals surface area contributed by atoms with E-state index in [1.807, 2.05) is 24.7 Å². The Morgan fingerprint density at radius 2 is 1.48 bits per heavy atom. The van der Waals surface area contributed by atoms with Gasteiger partial charge in [-0.3, -0.25) is 4.40 Å². The molecule has 0 amide bonds. The maximum atomic E-state index is 4.76. The molecular formula is C34H26N6. The second-order valence-electron chi connectivity index (χ2n) is 10.2. The Morgan fingerprint density at radius 3 is 2.40 bits per heavy atom. The van der Waals surface area contributed by atoms with Gasteiger partial charge in [0.2, 0.25) is 0 Å². The quantitative estimate of drug-likeness (QED) is 0.221. The molecule has 192 valence electrons. The van der Waals surface area contributed by atoms with E-state index in [1.54, 1.807) is 0 Å². The maximum absolute atomic E-state index is 4.76. The summed E-state index contributed by atoms with van der Waals surface area (Å²) in [7, 11) is 2.08. The summed E-state index contributed by atoms with van der Waals surface area (Å²) in [5, 5.41) is 3.54. The zero-order valence-electron chi connectivity index (χ0n) is 22.0. The van der Waals surface area contributed by atoms with E-state index in [2.05, 4.69) is 134 Å². The highest BCUT2D eigenvalue weighted by atomic mass is 15.4. The van der Waals surface area contributed by atoms with Gasteiger partial charge in [-0.15, -0.1) is 0 Å². The minimum absolute atomic E-state index is 0.752. The zero-order valence-corrected chi connectivity index (χ0v) is 22.0. The molecule has 6 heteroatoms. The number of imidazole rings is 1. The van der Waals surface area contributed by atoms with Crippen LogP contribution in [0.5, 0.6) is 0 Å². The first-order valence-electron chi connectivity index (χ1n) is 13.4. The molecule has 4 heterocycles. The van der Waals surface area contributed by atoms with Crippen molar-refractivity contribution in [2.45, 2.75) is 0 Å². The van der Waals surface area contributed by atoms with Crippen LogP contribution < -0.4 is 14.7 Å². The Kier molecular flexibility index (Phi) is 5.00. The number of fused-ring (bicyclic) bond motifs is 7. The smallest absolute Gasteiger partial charge is 0.153 e. The van der Waals surface area contributed by atoms with Crippen molar-refractivity contribution in [1.29, 1.82) is 0 Å². The van der Waals surface area contributed by atoms with E-state index < -0.39 is 0 Å². The number of rotatable bonds is 4. The molecule has 4 aromatic carbocycles. The minimum atomic E-state index is 0.752. The topological polar surface area (TPSA) is 39.9 Å². The highest BCUT2D eigenvalue weighted by Crippen LogP contribution is 2.42. The summed E-state index contributed by atoms with van der Waals surface area (Å²) < 4.78 is 2.18. The number of anilines is 6. The van der Waals surface area contributed by atoms with Crippen LogP contribution in [0, 0.1) is 0 Å². The molecule has 0 fully saturated rings. The minimum Gasteiger partial charge on any atom is -0.340 e. The second-order valence-corrected chi connectivity index (χ2v) is 10.2. The highest BCUT2D eigenvalue weighted by Gasteiger charge is 2.26. The predicted octanol–water partition coefficient (Wildman–Crippen LogP) is 8.05. The summed E-state index contributed by atoms with van der Waals surface area (Å²) in [4.78, 5) is 16.2. The molecule has 0 spiro atoms. The van der Waals surface area contributed by atoms with Gasteiger partial charge in [0.15, 0.2) is 5.82 Å².